The molecule has 6 nitrogen and oxygen atoms in total. The third kappa shape index (κ3) is 4.29. The smallest absolute Gasteiger partial charge is 0.267 e. The Bertz CT molecular complexity index is 986. The SMILES string of the molecule is COc1ccc(NC(=O)c2sc(NC(=O)c3ccccc3F)nc2C)cc1. The van der Waals surface area contributed by atoms with Crippen LogP contribution < -0.4 is 15.4 Å². The van der Waals surface area contributed by atoms with Crippen molar-refractivity contribution in [3.05, 3.63) is 70.5 Å². The Morgan fingerprint density at radius 2 is 1.74 bits per heavy atom. The first kappa shape index (κ1) is 18.5. The number of aromatic nitrogens is 1. The number of aryl methyl sites for hydroxylation is 1. The summed E-state index contributed by atoms with van der Waals surface area (Å²) >= 11 is 1.02. The quantitative estimate of drug-likeness (QED) is 0.693. The largest absolute Gasteiger partial charge is 0.497 e. The number of anilines is 2. The number of hydrogen-bond donors (Lipinski definition) is 2. The van der Waals surface area contributed by atoms with Crippen LogP contribution in [0, 0.1) is 12.7 Å². The van der Waals surface area contributed by atoms with Gasteiger partial charge in [-0.3, -0.25) is 14.9 Å². The van der Waals surface area contributed by atoms with Gasteiger partial charge in [-0.2, -0.15) is 0 Å². The molecule has 0 bridgehead atoms. The van der Waals surface area contributed by atoms with Gasteiger partial charge in [-0.1, -0.05) is 23.5 Å². The van der Waals surface area contributed by atoms with E-state index in [0.717, 1.165) is 11.3 Å². The van der Waals surface area contributed by atoms with Gasteiger partial charge in [0.2, 0.25) is 0 Å². The molecule has 0 aliphatic rings. The van der Waals surface area contributed by atoms with E-state index < -0.39 is 11.7 Å². The average molecular weight is 385 g/mol. The Balaban J connectivity index is 1.72. The highest BCUT2D eigenvalue weighted by Crippen LogP contribution is 2.25. The highest BCUT2D eigenvalue weighted by molar-refractivity contribution is 7.17. The standard InChI is InChI=1S/C19H16FN3O3S/c1-11-16(18(25)22-12-7-9-13(26-2)10-8-12)27-19(21-11)23-17(24)14-5-3-4-6-15(14)20/h3-10H,1-2H3,(H,22,25)(H,21,23,24). The summed E-state index contributed by atoms with van der Waals surface area (Å²) in [6.45, 7) is 1.66. The highest BCUT2D eigenvalue weighted by atomic mass is 32.1. The molecular weight excluding hydrogens is 369 g/mol. The summed E-state index contributed by atoms with van der Waals surface area (Å²) in [7, 11) is 1.56. The summed E-state index contributed by atoms with van der Waals surface area (Å²) in [6, 6.07) is 12.5. The van der Waals surface area contributed by atoms with Gasteiger partial charge in [0.25, 0.3) is 11.8 Å². The average Bonchev–Trinajstić information content (AvgIpc) is 3.03. The predicted octanol–water partition coefficient (Wildman–Crippen LogP) is 4.10. The third-order valence-corrected chi connectivity index (χ3v) is 4.76. The van der Waals surface area contributed by atoms with Crippen LogP contribution >= 0.6 is 11.3 Å². The first-order valence-corrected chi connectivity index (χ1v) is 8.78. The monoisotopic (exact) mass is 385 g/mol. The van der Waals surface area contributed by atoms with Crippen molar-refractivity contribution in [2.75, 3.05) is 17.7 Å². The predicted molar refractivity (Wildman–Crippen MR) is 102 cm³/mol. The summed E-state index contributed by atoms with van der Waals surface area (Å²) in [5.74, 6) is -0.911. The molecular formula is C19H16FN3O3S. The molecule has 0 spiro atoms. The van der Waals surface area contributed by atoms with E-state index in [1.54, 1.807) is 44.4 Å². The fourth-order valence-electron chi connectivity index (χ4n) is 2.33. The van der Waals surface area contributed by atoms with Gasteiger partial charge in [-0.15, -0.1) is 0 Å². The highest BCUT2D eigenvalue weighted by Gasteiger charge is 2.18. The molecule has 0 unspecified atom stereocenters. The Morgan fingerprint density at radius 1 is 1.04 bits per heavy atom. The van der Waals surface area contributed by atoms with E-state index in [9.17, 15) is 14.0 Å². The van der Waals surface area contributed by atoms with Crippen LogP contribution in [0.2, 0.25) is 0 Å². The van der Waals surface area contributed by atoms with Gasteiger partial charge >= 0.3 is 0 Å². The zero-order valence-corrected chi connectivity index (χ0v) is 15.4. The maximum atomic E-state index is 13.7. The van der Waals surface area contributed by atoms with E-state index in [1.807, 2.05) is 0 Å². The van der Waals surface area contributed by atoms with Crippen molar-refractivity contribution in [1.82, 2.24) is 4.98 Å². The van der Waals surface area contributed by atoms with Gasteiger partial charge in [-0.05, 0) is 43.3 Å². The first-order chi connectivity index (χ1) is 13.0. The lowest BCUT2D eigenvalue weighted by molar-refractivity contribution is 0.101. The lowest BCUT2D eigenvalue weighted by atomic mass is 10.2. The van der Waals surface area contributed by atoms with Gasteiger partial charge in [0.1, 0.15) is 16.4 Å². The van der Waals surface area contributed by atoms with Gasteiger partial charge in [-0.25, -0.2) is 9.37 Å². The van der Waals surface area contributed by atoms with Gasteiger partial charge in [0.15, 0.2) is 5.13 Å². The molecule has 0 saturated heterocycles. The summed E-state index contributed by atoms with van der Waals surface area (Å²) < 4.78 is 18.8. The Kier molecular flexibility index (Phi) is 5.46. The number of carbonyl (C=O) groups is 2. The second-order valence-electron chi connectivity index (χ2n) is 5.55. The number of ether oxygens (including phenoxy) is 1. The molecule has 27 heavy (non-hydrogen) atoms. The van der Waals surface area contributed by atoms with Crippen molar-refractivity contribution < 1.29 is 18.7 Å². The van der Waals surface area contributed by atoms with E-state index in [2.05, 4.69) is 15.6 Å². The Labute approximate surface area is 159 Å². The van der Waals surface area contributed by atoms with Crippen molar-refractivity contribution >= 4 is 34.0 Å². The second-order valence-corrected chi connectivity index (χ2v) is 6.55. The fourth-order valence-corrected chi connectivity index (χ4v) is 3.19. The number of methoxy groups -OCH3 is 1. The minimum absolute atomic E-state index is 0.0883. The Hall–Kier alpha value is -3.26. The molecule has 2 aromatic carbocycles. The van der Waals surface area contributed by atoms with Crippen LogP contribution in [-0.4, -0.2) is 23.9 Å². The van der Waals surface area contributed by atoms with Crippen LogP contribution in [0.4, 0.5) is 15.2 Å². The molecule has 0 atom stereocenters. The molecule has 3 rings (SSSR count). The molecule has 0 radical (unpaired) electrons. The Morgan fingerprint density at radius 3 is 2.41 bits per heavy atom. The van der Waals surface area contributed by atoms with E-state index in [-0.39, 0.29) is 16.6 Å². The van der Waals surface area contributed by atoms with Gasteiger partial charge in [0.05, 0.1) is 18.4 Å². The normalized spacial score (nSPS) is 10.3. The minimum Gasteiger partial charge on any atom is -0.497 e. The molecule has 138 valence electrons. The topological polar surface area (TPSA) is 80.3 Å². The lowest BCUT2D eigenvalue weighted by Crippen LogP contribution is -2.13. The zero-order chi connectivity index (χ0) is 19.4. The lowest BCUT2D eigenvalue weighted by Gasteiger charge is -2.05. The molecule has 0 fully saturated rings. The van der Waals surface area contributed by atoms with Crippen LogP contribution in [0.5, 0.6) is 5.75 Å². The van der Waals surface area contributed by atoms with Crippen molar-refractivity contribution in [1.29, 1.82) is 0 Å². The molecule has 2 N–H and O–H groups in total. The van der Waals surface area contributed by atoms with Crippen molar-refractivity contribution in [2.45, 2.75) is 6.92 Å². The minimum atomic E-state index is -0.624. The number of benzene rings is 2. The van der Waals surface area contributed by atoms with Crippen molar-refractivity contribution in [2.24, 2.45) is 0 Å². The summed E-state index contributed by atoms with van der Waals surface area (Å²) in [5.41, 5.74) is 0.981. The van der Waals surface area contributed by atoms with Gasteiger partial charge in [0, 0.05) is 5.69 Å². The van der Waals surface area contributed by atoms with Crippen LogP contribution in [0.25, 0.3) is 0 Å². The first-order valence-electron chi connectivity index (χ1n) is 7.96. The van der Waals surface area contributed by atoms with Crippen molar-refractivity contribution in [3.8, 4) is 5.75 Å². The zero-order valence-electron chi connectivity index (χ0n) is 14.6. The van der Waals surface area contributed by atoms with Crippen LogP contribution in [0.15, 0.2) is 48.5 Å². The maximum Gasteiger partial charge on any atom is 0.267 e. The summed E-state index contributed by atoms with van der Waals surface area (Å²) in [5, 5.41) is 5.51. The fraction of sp³-hybridized carbons (Fsp3) is 0.105. The van der Waals surface area contributed by atoms with Crippen molar-refractivity contribution in [3.63, 3.8) is 0 Å². The van der Waals surface area contributed by atoms with Crippen LogP contribution in [-0.2, 0) is 0 Å². The number of carbonyl (C=O) groups excluding carboxylic acids is 2. The van der Waals surface area contributed by atoms with E-state index >= 15 is 0 Å². The molecule has 8 heteroatoms. The van der Waals surface area contributed by atoms with Gasteiger partial charge < -0.3 is 10.1 Å². The number of nitrogens with one attached hydrogen (secondary N) is 2. The third-order valence-electron chi connectivity index (χ3n) is 3.69. The van der Waals surface area contributed by atoms with Crippen LogP contribution in [0.1, 0.15) is 25.7 Å². The summed E-state index contributed by atoms with van der Waals surface area (Å²) in [6.07, 6.45) is 0. The van der Waals surface area contributed by atoms with Crippen LogP contribution in [0.3, 0.4) is 0 Å². The molecule has 2 amide bonds. The number of rotatable bonds is 5. The molecule has 1 heterocycles. The number of nitrogens with zero attached hydrogens (tertiary/aromatic N) is 1. The number of hydrogen-bond acceptors (Lipinski definition) is 5. The maximum absolute atomic E-state index is 13.7. The molecule has 1 aromatic heterocycles. The molecule has 3 aromatic rings. The molecule has 0 aliphatic carbocycles. The van der Waals surface area contributed by atoms with E-state index in [0.29, 0.717) is 22.0 Å². The number of amides is 2. The van der Waals surface area contributed by atoms with E-state index in [1.165, 1.54) is 18.2 Å². The molecule has 0 saturated carbocycles. The molecule has 0 aliphatic heterocycles. The van der Waals surface area contributed by atoms with E-state index in [4.69, 9.17) is 4.74 Å². The second kappa shape index (κ2) is 7.96. The number of halogens is 1. The summed E-state index contributed by atoms with van der Waals surface area (Å²) in [4.78, 5) is 29.2. The number of thiazole rings is 1.